The second kappa shape index (κ2) is 4.96. The van der Waals surface area contributed by atoms with Gasteiger partial charge in [0.05, 0.1) is 35.5 Å². The zero-order valence-electron chi connectivity index (χ0n) is 10.7. The molecule has 7 nitrogen and oxygen atoms in total. The molecular weight excluding hydrogens is 256 g/mol. The fourth-order valence-electron chi connectivity index (χ4n) is 1.89. The van der Waals surface area contributed by atoms with Crippen molar-refractivity contribution in [3.63, 3.8) is 0 Å². The highest BCUT2D eigenvalue weighted by Gasteiger charge is 2.13. The Kier molecular flexibility index (Phi) is 3.00. The van der Waals surface area contributed by atoms with E-state index < -0.39 is 0 Å². The van der Waals surface area contributed by atoms with Crippen LogP contribution in [0.25, 0.3) is 5.69 Å². The number of aryl methyl sites for hydroxylation is 1. The van der Waals surface area contributed by atoms with E-state index in [1.54, 1.807) is 24.0 Å². The molecule has 3 rings (SSSR count). The van der Waals surface area contributed by atoms with Crippen molar-refractivity contribution in [2.24, 2.45) is 0 Å². The van der Waals surface area contributed by atoms with Gasteiger partial charge in [0.1, 0.15) is 0 Å². The van der Waals surface area contributed by atoms with Crippen LogP contribution in [-0.2, 0) is 0 Å². The van der Waals surface area contributed by atoms with Crippen molar-refractivity contribution in [2.75, 3.05) is 5.32 Å². The van der Waals surface area contributed by atoms with Gasteiger partial charge >= 0.3 is 0 Å². The SMILES string of the molecule is Cc1[nH]ncc1C(=O)Nc1ccccc1-n1ccnn1. The molecule has 0 fully saturated rings. The number of nitrogens with zero attached hydrogens (tertiary/aromatic N) is 4. The second-order valence-electron chi connectivity index (χ2n) is 4.23. The maximum absolute atomic E-state index is 12.2. The summed E-state index contributed by atoms with van der Waals surface area (Å²) in [5, 5.41) is 17.1. The van der Waals surface area contributed by atoms with Gasteiger partial charge in [-0.3, -0.25) is 9.89 Å². The minimum Gasteiger partial charge on any atom is -0.320 e. The minimum absolute atomic E-state index is 0.219. The first-order valence-electron chi connectivity index (χ1n) is 6.03. The fraction of sp³-hybridized carbons (Fsp3) is 0.0769. The molecule has 0 aliphatic carbocycles. The van der Waals surface area contributed by atoms with Crippen molar-refractivity contribution in [3.05, 3.63) is 54.1 Å². The van der Waals surface area contributed by atoms with E-state index in [4.69, 9.17) is 0 Å². The average molecular weight is 268 g/mol. The maximum Gasteiger partial charge on any atom is 0.259 e. The van der Waals surface area contributed by atoms with Crippen molar-refractivity contribution in [1.82, 2.24) is 25.2 Å². The number of aromatic amines is 1. The fourth-order valence-corrected chi connectivity index (χ4v) is 1.89. The summed E-state index contributed by atoms with van der Waals surface area (Å²) >= 11 is 0. The van der Waals surface area contributed by atoms with E-state index in [1.165, 1.54) is 6.20 Å². The van der Waals surface area contributed by atoms with Crippen LogP contribution in [0, 0.1) is 6.92 Å². The summed E-state index contributed by atoms with van der Waals surface area (Å²) in [7, 11) is 0. The summed E-state index contributed by atoms with van der Waals surface area (Å²) in [5.41, 5.74) is 2.64. The number of aromatic nitrogens is 5. The lowest BCUT2D eigenvalue weighted by atomic mass is 10.2. The largest absolute Gasteiger partial charge is 0.320 e. The third-order valence-electron chi connectivity index (χ3n) is 2.90. The number of benzene rings is 1. The molecule has 0 radical (unpaired) electrons. The monoisotopic (exact) mass is 268 g/mol. The molecular formula is C13H12N6O. The molecule has 100 valence electrons. The van der Waals surface area contributed by atoms with E-state index in [1.807, 2.05) is 24.3 Å². The third kappa shape index (κ3) is 2.16. The molecule has 0 aliphatic heterocycles. The average Bonchev–Trinajstić information content (AvgIpc) is 3.10. The third-order valence-corrected chi connectivity index (χ3v) is 2.90. The van der Waals surface area contributed by atoms with Crippen LogP contribution in [0.2, 0.25) is 0 Å². The lowest BCUT2D eigenvalue weighted by molar-refractivity contribution is 0.102. The number of hydrogen-bond donors (Lipinski definition) is 2. The number of H-pyrrole nitrogens is 1. The number of hydrogen-bond acceptors (Lipinski definition) is 4. The van der Waals surface area contributed by atoms with Gasteiger partial charge in [0.2, 0.25) is 0 Å². The molecule has 0 spiro atoms. The molecule has 2 heterocycles. The molecule has 2 N–H and O–H groups in total. The molecule has 1 amide bonds. The Balaban J connectivity index is 1.92. The summed E-state index contributed by atoms with van der Waals surface area (Å²) in [6.45, 7) is 1.80. The number of para-hydroxylation sites is 2. The van der Waals surface area contributed by atoms with Crippen LogP contribution < -0.4 is 5.32 Å². The second-order valence-corrected chi connectivity index (χ2v) is 4.23. The number of anilines is 1. The van der Waals surface area contributed by atoms with Gasteiger partial charge in [-0.1, -0.05) is 17.3 Å². The molecule has 3 aromatic rings. The van der Waals surface area contributed by atoms with E-state index in [-0.39, 0.29) is 5.91 Å². The number of rotatable bonds is 3. The summed E-state index contributed by atoms with van der Waals surface area (Å²) in [6, 6.07) is 7.38. The van der Waals surface area contributed by atoms with Gasteiger partial charge in [0.25, 0.3) is 5.91 Å². The summed E-state index contributed by atoms with van der Waals surface area (Å²) in [4.78, 5) is 12.2. The molecule has 20 heavy (non-hydrogen) atoms. The molecule has 0 saturated carbocycles. The first-order chi connectivity index (χ1) is 9.75. The highest BCUT2D eigenvalue weighted by molar-refractivity contribution is 6.05. The van der Waals surface area contributed by atoms with Crippen molar-refractivity contribution >= 4 is 11.6 Å². The maximum atomic E-state index is 12.2. The zero-order valence-corrected chi connectivity index (χ0v) is 10.7. The Bertz CT molecular complexity index is 731. The van der Waals surface area contributed by atoms with E-state index in [9.17, 15) is 4.79 Å². The number of carbonyl (C=O) groups is 1. The lowest BCUT2D eigenvalue weighted by Gasteiger charge is -2.10. The smallest absolute Gasteiger partial charge is 0.259 e. The van der Waals surface area contributed by atoms with Gasteiger partial charge in [-0.15, -0.1) is 5.10 Å². The first kappa shape index (κ1) is 12.1. The molecule has 0 aliphatic rings. The van der Waals surface area contributed by atoms with E-state index >= 15 is 0 Å². The molecule has 0 saturated heterocycles. The van der Waals surface area contributed by atoms with E-state index in [0.29, 0.717) is 11.3 Å². The predicted octanol–water partition coefficient (Wildman–Crippen LogP) is 1.55. The Morgan fingerprint density at radius 1 is 1.35 bits per heavy atom. The Labute approximate surface area is 114 Å². The van der Waals surface area contributed by atoms with Crippen LogP contribution >= 0.6 is 0 Å². The number of nitrogens with one attached hydrogen (secondary N) is 2. The molecule has 2 aromatic heterocycles. The van der Waals surface area contributed by atoms with Crippen LogP contribution in [-0.4, -0.2) is 31.1 Å². The van der Waals surface area contributed by atoms with Gasteiger partial charge in [-0.25, -0.2) is 4.68 Å². The van der Waals surface area contributed by atoms with Gasteiger partial charge in [-0.2, -0.15) is 5.10 Å². The molecule has 1 aromatic carbocycles. The highest BCUT2D eigenvalue weighted by Crippen LogP contribution is 2.19. The first-order valence-corrected chi connectivity index (χ1v) is 6.03. The zero-order chi connectivity index (χ0) is 13.9. The Morgan fingerprint density at radius 2 is 2.20 bits per heavy atom. The topological polar surface area (TPSA) is 88.5 Å². The summed E-state index contributed by atoms with van der Waals surface area (Å²) in [6.07, 6.45) is 4.80. The Hall–Kier alpha value is -2.96. The molecule has 0 atom stereocenters. The number of amides is 1. The van der Waals surface area contributed by atoms with Gasteiger partial charge in [-0.05, 0) is 19.1 Å². The lowest BCUT2D eigenvalue weighted by Crippen LogP contribution is -2.14. The van der Waals surface area contributed by atoms with Gasteiger partial charge in [0, 0.05) is 5.69 Å². The van der Waals surface area contributed by atoms with Crippen molar-refractivity contribution in [1.29, 1.82) is 0 Å². The van der Waals surface area contributed by atoms with Crippen LogP contribution in [0.3, 0.4) is 0 Å². The standard InChI is InChI=1S/C13H12N6O/c1-9-10(8-15-17-9)13(20)16-11-4-2-3-5-12(11)19-7-6-14-18-19/h2-8H,1H3,(H,15,17)(H,16,20). The van der Waals surface area contributed by atoms with Crippen LogP contribution in [0.1, 0.15) is 16.1 Å². The predicted molar refractivity (Wildman–Crippen MR) is 72.6 cm³/mol. The van der Waals surface area contributed by atoms with Crippen molar-refractivity contribution < 1.29 is 4.79 Å². The van der Waals surface area contributed by atoms with Crippen LogP contribution in [0.5, 0.6) is 0 Å². The van der Waals surface area contributed by atoms with Crippen LogP contribution in [0.4, 0.5) is 5.69 Å². The molecule has 0 bridgehead atoms. The molecule has 0 unspecified atom stereocenters. The number of carbonyl (C=O) groups excluding carboxylic acids is 1. The van der Waals surface area contributed by atoms with Gasteiger partial charge < -0.3 is 5.32 Å². The Morgan fingerprint density at radius 3 is 2.90 bits per heavy atom. The molecule has 7 heteroatoms. The van der Waals surface area contributed by atoms with Gasteiger partial charge in [0.15, 0.2) is 0 Å². The van der Waals surface area contributed by atoms with Crippen molar-refractivity contribution in [3.8, 4) is 5.69 Å². The van der Waals surface area contributed by atoms with E-state index in [2.05, 4.69) is 25.8 Å². The summed E-state index contributed by atoms with van der Waals surface area (Å²) in [5.74, 6) is -0.219. The van der Waals surface area contributed by atoms with E-state index in [0.717, 1.165) is 11.4 Å². The highest BCUT2D eigenvalue weighted by atomic mass is 16.1. The minimum atomic E-state index is -0.219. The normalized spacial score (nSPS) is 10.4. The van der Waals surface area contributed by atoms with Crippen LogP contribution in [0.15, 0.2) is 42.9 Å². The summed E-state index contributed by atoms with van der Waals surface area (Å²) < 4.78 is 1.60. The quantitative estimate of drug-likeness (QED) is 0.754. The van der Waals surface area contributed by atoms with Crippen molar-refractivity contribution in [2.45, 2.75) is 6.92 Å².